The third-order valence-electron chi connectivity index (χ3n) is 15.1. The lowest BCUT2D eigenvalue weighted by Crippen LogP contribution is -2.47. The van der Waals surface area contributed by atoms with Crippen molar-refractivity contribution in [3.05, 3.63) is 36.5 Å². The second-order valence-electron chi connectivity index (χ2n) is 24.0. The number of phosphoric acid groups is 1. The summed E-state index contributed by atoms with van der Waals surface area (Å²) < 4.78 is 30.4. The van der Waals surface area contributed by atoms with Gasteiger partial charge in [0.05, 0.1) is 33.8 Å². The fourth-order valence-corrected chi connectivity index (χ4v) is 10.6. The monoisotopic (exact) mass is 1100 g/mol. The Labute approximate surface area is 478 Å². The number of allylic oxidation sites excluding steroid dienone is 5. The zero-order chi connectivity index (χ0) is 56.4. The Hall–Kier alpha value is -1.77. The van der Waals surface area contributed by atoms with Gasteiger partial charge in [-0.3, -0.25) is 14.2 Å². The number of unbranched alkanes of at least 4 members (excludes halogenated alkanes) is 41. The minimum absolute atomic E-state index is 0.0208. The minimum atomic E-state index is -4.70. The molecular weight excluding hydrogens is 976 g/mol. The van der Waals surface area contributed by atoms with Crippen LogP contribution in [0.4, 0.5) is 0 Å². The number of nitrogens with zero attached hydrogens (tertiary/aromatic N) is 1. The van der Waals surface area contributed by atoms with Gasteiger partial charge >= 0.3 is 5.97 Å². The van der Waals surface area contributed by atoms with Crippen LogP contribution in [0.15, 0.2) is 36.5 Å². The van der Waals surface area contributed by atoms with E-state index in [1.165, 1.54) is 218 Å². The first kappa shape index (κ1) is 75.2. The predicted molar refractivity (Wildman–Crippen MR) is 330 cm³/mol. The van der Waals surface area contributed by atoms with Gasteiger partial charge in [-0.05, 0) is 63.9 Å². The second kappa shape index (κ2) is 57.5. The second-order valence-corrected chi connectivity index (χ2v) is 25.4. The highest BCUT2D eigenvalue weighted by molar-refractivity contribution is 7.45. The average molecular weight is 1110 g/mol. The first-order valence-electron chi connectivity index (χ1n) is 33.3. The quantitative estimate of drug-likeness (QED) is 0.0212. The van der Waals surface area contributed by atoms with Gasteiger partial charge in [-0.25, -0.2) is 0 Å². The number of amides is 1. The molecule has 1 amide bonds. The molecule has 0 aliphatic rings. The van der Waals surface area contributed by atoms with E-state index in [0.29, 0.717) is 17.4 Å². The zero-order valence-corrected chi connectivity index (χ0v) is 52.8. The van der Waals surface area contributed by atoms with Crippen LogP contribution in [0.25, 0.3) is 0 Å². The van der Waals surface area contributed by atoms with Crippen molar-refractivity contribution in [3.63, 3.8) is 0 Å². The number of quaternary nitrogens is 1. The number of esters is 1. The van der Waals surface area contributed by atoms with Crippen LogP contribution in [0.2, 0.25) is 0 Å². The molecule has 0 aromatic heterocycles. The summed E-state index contributed by atoms with van der Waals surface area (Å²) in [6.07, 6.45) is 69.7. The standard InChI is InChI=1S/C67H129N2O7P/c1-7-10-13-16-19-22-25-27-29-31-33-34-36-38-40-42-45-48-51-54-57-60-67(71)76-65(58-55-52-49-46-43-24-21-18-15-12-9-3)64(63-75-77(72,73)74-62-61-69(4,5)6)68-66(70)59-56-53-50-47-44-41-39-37-35-32-30-28-26-23-20-17-14-11-8-2/h20,23,28,30,55,58,64-65H,7-19,21-22,24-27,29,31-54,56-57,59-63H2,1-6H3,(H-,68,70,72,73)/b23-20-,30-28-,58-55+. The van der Waals surface area contributed by atoms with E-state index in [4.69, 9.17) is 13.8 Å². The number of nitrogens with one attached hydrogen (secondary N) is 1. The van der Waals surface area contributed by atoms with E-state index in [-0.39, 0.29) is 31.5 Å². The zero-order valence-electron chi connectivity index (χ0n) is 51.9. The Balaban J connectivity index is 5.10. The summed E-state index contributed by atoms with van der Waals surface area (Å²) in [5.41, 5.74) is 0. The third-order valence-corrected chi connectivity index (χ3v) is 16.0. The molecule has 0 rings (SSSR count). The molecule has 0 radical (unpaired) electrons. The van der Waals surface area contributed by atoms with E-state index in [1.54, 1.807) is 0 Å². The molecule has 0 saturated heterocycles. The molecule has 0 heterocycles. The molecule has 1 N–H and O–H groups in total. The lowest BCUT2D eigenvalue weighted by atomic mass is 10.0. The molecule has 0 aliphatic heterocycles. The number of ether oxygens (including phenoxy) is 1. The van der Waals surface area contributed by atoms with Crippen LogP contribution in [0, 0.1) is 0 Å². The van der Waals surface area contributed by atoms with Gasteiger partial charge in [0.1, 0.15) is 19.3 Å². The molecular formula is C67H129N2O7P. The molecule has 77 heavy (non-hydrogen) atoms. The Kier molecular flexibility index (Phi) is 56.1. The van der Waals surface area contributed by atoms with Crippen LogP contribution in [0.1, 0.15) is 329 Å². The number of likely N-dealkylation sites (N-methyl/N-ethyl adjacent to an activating group) is 1. The lowest BCUT2D eigenvalue weighted by molar-refractivity contribution is -0.870. The fourth-order valence-electron chi connectivity index (χ4n) is 9.91. The van der Waals surface area contributed by atoms with Crippen molar-refractivity contribution < 1.29 is 37.3 Å². The van der Waals surface area contributed by atoms with Gasteiger partial charge in [-0.15, -0.1) is 0 Å². The van der Waals surface area contributed by atoms with Gasteiger partial charge in [-0.1, -0.05) is 289 Å². The topological polar surface area (TPSA) is 114 Å². The van der Waals surface area contributed by atoms with Crippen LogP contribution < -0.4 is 10.2 Å². The smallest absolute Gasteiger partial charge is 0.306 e. The van der Waals surface area contributed by atoms with E-state index in [1.807, 2.05) is 33.3 Å². The number of hydrogen-bond donors (Lipinski definition) is 1. The molecule has 454 valence electrons. The van der Waals surface area contributed by atoms with Gasteiger partial charge < -0.3 is 28.5 Å². The van der Waals surface area contributed by atoms with Gasteiger partial charge in [0, 0.05) is 12.8 Å². The predicted octanol–water partition coefficient (Wildman–Crippen LogP) is 20.0. The van der Waals surface area contributed by atoms with Crippen molar-refractivity contribution in [2.24, 2.45) is 0 Å². The molecule has 0 aromatic carbocycles. The highest BCUT2D eigenvalue weighted by Crippen LogP contribution is 2.38. The van der Waals surface area contributed by atoms with E-state index in [9.17, 15) is 19.0 Å². The minimum Gasteiger partial charge on any atom is -0.756 e. The number of phosphoric ester groups is 1. The summed E-state index contributed by atoms with van der Waals surface area (Å²) in [6.45, 7) is 6.86. The van der Waals surface area contributed by atoms with Crippen LogP contribution in [0.5, 0.6) is 0 Å². The van der Waals surface area contributed by atoms with Crippen molar-refractivity contribution in [2.45, 2.75) is 341 Å². The summed E-state index contributed by atoms with van der Waals surface area (Å²) in [6, 6.07) is -0.887. The van der Waals surface area contributed by atoms with Gasteiger partial charge in [0.15, 0.2) is 0 Å². The molecule has 0 aliphatic carbocycles. The summed E-state index contributed by atoms with van der Waals surface area (Å²) >= 11 is 0. The number of carbonyl (C=O) groups is 2. The number of carbonyl (C=O) groups excluding carboxylic acids is 2. The van der Waals surface area contributed by atoms with Crippen LogP contribution in [-0.4, -0.2) is 69.4 Å². The Bertz CT molecular complexity index is 1410. The van der Waals surface area contributed by atoms with E-state index in [0.717, 1.165) is 77.0 Å². The first-order valence-corrected chi connectivity index (χ1v) is 34.8. The van der Waals surface area contributed by atoms with E-state index in [2.05, 4.69) is 50.4 Å². The van der Waals surface area contributed by atoms with Crippen LogP contribution >= 0.6 is 7.82 Å². The molecule has 0 saturated carbocycles. The maximum atomic E-state index is 13.5. The Morgan fingerprint density at radius 3 is 1.19 bits per heavy atom. The third kappa shape index (κ3) is 58.7. The molecule has 3 unspecified atom stereocenters. The van der Waals surface area contributed by atoms with Crippen LogP contribution in [-0.2, 0) is 27.9 Å². The molecule has 0 bridgehead atoms. The van der Waals surface area contributed by atoms with Crippen molar-refractivity contribution in [2.75, 3.05) is 40.9 Å². The fraction of sp³-hybridized carbons (Fsp3) is 0.881. The Morgan fingerprint density at radius 1 is 0.455 bits per heavy atom. The molecule has 9 nitrogen and oxygen atoms in total. The van der Waals surface area contributed by atoms with Crippen molar-refractivity contribution in [1.82, 2.24) is 5.32 Å². The average Bonchev–Trinajstić information content (AvgIpc) is 3.39. The SMILES string of the molecule is CCCCC/C=C\C/C=C\CCCCCCCCCCCC(=O)NC(COP(=O)([O-])OCC[N+](C)(C)C)C(/C=C/CCCCCCCCCCC)OC(=O)CCCCCCCCCCCCCCCCCCCCCCC. The maximum absolute atomic E-state index is 13.5. The van der Waals surface area contributed by atoms with Crippen molar-refractivity contribution in [3.8, 4) is 0 Å². The summed E-state index contributed by atoms with van der Waals surface area (Å²) in [7, 11) is 1.20. The lowest BCUT2D eigenvalue weighted by Gasteiger charge is -2.30. The Morgan fingerprint density at radius 2 is 0.792 bits per heavy atom. The highest BCUT2D eigenvalue weighted by Gasteiger charge is 2.27. The number of rotatable bonds is 61. The summed E-state index contributed by atoms with van der Waals surface area (Å²) in [4.78, 5) is 40.0. The van der Waals surface area contributed by atoms with Crippen molar-refractivity contribution in [1.29, 1.82) is 0 Å². The van der Waals surface area contributed by atoms with E-state index < -0.39 is 20.0 Å². The van der Waals surface area contributed by atoms with Crippen LogP contribution in [0.3, 0.4) is 0 Å². The maximum Gasteiger partial charge on any atom is 0.306 e. The van der Waals surface area contributed by atoms with E-state index >= 15 is 0 Å². The normalized spacial score (nSPS) is 13.8. The van der Waals surface area contributed by atoms with Gasteiger partial charge in [-0.2, -0.15) is 0 Å². The highest BCUT2D eigenvalue weighted by atomic mass is 31.2. The molecule has 0 fully saturated rings. The van der Waals surface area contributed by atoms with Gasteiger partial charge in [0.25, 0.3) is 7.82 Å². The van der Waals surface area contributed by atoms with Gasteiger partial charge in [0.2, 0.25) is 5.91 Å². The molecule has 0 spiro atoms. The van der Waals surface area contributed by atoms with Crippen molar-refractivity contribution >= 4 is 19.7 Å². The summed E-state index contributed by atoms with van der Waals surface area (Å²) in [5, 5.41) is 3.04. The largest absolute Gasteiger partial charge is 0.756 e. The molecule has 10 heteroatoms. The molecule has 3 atom stereocenters. The number of hydrogen-bond acceptors (Lipinski definition) is 7. The first-order chi connectivity index (χ1) is 37.4. The molecule has 0 aromatic rings. The summed E-state index contributed by atoms with van der Waals surface area (Å²) in [5.74, 6) is -0.530.